The van der Waals surface area contributed by atoms with E-state index in [-0.39, 0.29) is 18.2 Å². The second-order valence-corrected chi connectivity index (χ2v) is 18.3. The fourth-order valence-electron chi connectivity index (χ4n) is 7.23. The van der Waals surface area contributed by atoms with Crippen LogP contribution in [0.25, 0.3) is 11.3 Å². The van der Waals surface area contributed by atoms with Crippen LogP contribution in [0.3, 0.4) is 0 Å². The van der Waals surface area contributed by atoms with E-state index in [1.54, 1.807) is 79.4 Å². The second-order valence-electron chi connectivity index (χ2n) is 17.9. The number of piperidine rings is 2. The highest BCUT2D eigenvalue weighted by molar-refractivity contribution is 6.29. The summed E-state index contributed by atoms with van der Waals surface area (Å²) in [6.07, 6.45) is 10.1. The topological polar surface area (TPSA) is 239 Å². The van der Waals surface area contributed by atoms with Gasteiger partial charge in [0.05, 0.1) is 39.8 Å². The number of imidazole rings is 2. The van der Waals surface area contributed by atoms with Crippen molar-refractivity contribution in [1.82, 2.24) is 55.1 Å². The second kappa shape index (κ2) is 23.3. The minimum atomic E-state index is -0.537. The fraction of sp³-hybridized carbons (Fsp3) is 0.478. The molecule has 0 aromatic carbocycles. The molecule has 2 amide bonds. The zero-order valence-corrected chi connectivity index (χ0v) is 41.5. The molecule has 6 aromatic heterocycles. The van der Waals surface area contributed by atoms with E-state index >= 15 is 0 Å². The van der Waals surface area contributed by atoms with Crippen molar-refractivity contribution in [2.75, 3.05) is 70.2 Å². The molecule has 8 heterocycles. The maximum absolute atomic E-state index is 12.2. The zero-order chi connectivity index (χ0) is 49.7. The molecule has 0 saturated carbocycles. The number of methoxy groups -OCH3 is 4. The number of nitrogens with one attached hydrogen (secondary N) is 5. The number of pyridine rings is 2. The first-order valence-corrected chi connectivity index (χ1v) is 22.8. The number of amides is 2. The molecule has 2 saturated heterocycles. The van der Waals surface area contributed by atoms with Crippen LogP contribution in [0.15, 0.2) is 61.2 Å². The number of aromatic nitrogens is 8. The minimum absolute atomic E-state index is 0.0344. The average molecular weight is 976 g/mol. The van der Waals surface area contributed by atoms with Gasteiger partial charge in [0.15, 0.2) is 33.8 Å². The lowest BCUT2D eigenvalue weighted by Gasteiger charge is -2.34. The summed E-state index contributed by atoms with van der Waals surface area (Å²) in [6, 6.07) is 10.9. The monoisotopic (exact) mass is 974 g/mol. The lowest BCUT2D eigenvalue weighted by atomic mass is 10.1. The number of fused-ring (bicyclic) bond motifs is 2. The fourth-order valence-corrected chi connectivity index (χ4v) is 7.42. The van der Waals surface area contributed by atoms with Gasteiger partial charge in [-0.25, -0.2) is 28.6 Å². The van der Waals surface area contributed by atoms with Crippen LogP contribution in [0.4, 0.5) is 38.4 Å². The van der Waals surface area contributed by atoms with Crippen molar-refractivity contribution in [2.24, 2.45) is 0 Å². The molecule has 8 rings (SSSR count). The van der Waals surface area contributed by atoms with Crippen LogP contribution in [0, 0.1) is 0 Å². The Bertz CT molecular complexity index is 2640. The van der Waals surface area contributed by atoms with Gasteiger partial charge in [-0.1, -0.05) is 11.6 Å². The van der Waals surface area contributed by atoms with E-state index in [0.29, 0.717) is 63.6 Å². The smallest absolute Gasteiger partial charge is 0.407 e. The van der Waals surface area contributed by atoms with Crippen molar-refractivity contribution in [3.05, 3.63) is 66.3 Å². The molecule has 2 unspecified atom stereocenters. The first-order valence-electron chi connectivity index (χ1n) is 22.4. The predicted molar refractivity (Wildman–Crippen MR) is 262 cm³/mol. The number of carbonyl (C=O) groups is 2. The Balaban J connectivity index is 0.000000189. The average Bonchev–Trinajstić information content (AvgIpc) is 3.99. The van der Waals surface area contributed by atoms with Gasteiger partial charge in [0, 0.05) is 68.6 Å². The summed E-state index contributed by atoms with van der Waals surface area (Å²) < 4.78 is 34.8. The maximum atomic E-state index is 12.2. The SMILES string of the molecule is CC(C)(C)OC(=O)NC1CCCNC1.COc1ccc(Nc2cc(Cl)nn3ccnc23)nc1OC.COc1ccc(Nc2cc(N3CCCC(NC(=O)OC(C)(C)C)C3)nn3ccnc23)nc1OC. The van der Waals surface area contributed by atoms with E-state index < -0.39 is 17.3 Å². The summed E-state index contributed by atoms with van der Waals surface area (Å²) >= 11 is 5.99. The van der Waals surface area contributed by atoms with Crippen LogP contribution < -0.4 is 50.4 Å². The number of ether oxygens (including phenoxy) is 6. The van der Waals surface area contributed by atoms with Crippen LogP contribution in [-0.4, -0.2) is 129 Å². The molecule has 6 aromatic rings. The zero-order valence-electron chi connectivity index (χ0n) is 40.8. The molecule has 2 atom stereocenters. The van der Waals surface area contributed by atoms with Gasteiger partial charge in [-0.2, -0.15) is 15.1 Å². The maximum Gasteiger partial charge on any atom is 0.407 e. The number of halogens is 1. The molecule has 2 aliphatic heterocycles. The van der Waals surface area contributed by atoms with Crippen LogP contribution in [0.2, 0.25) is 5.15 Å². The first kappa shape index (κ1) is 51.3. The number of hydrogen-bond donors (Lipinski definition) is 5. The molecule has 372 valence electrons. The first-order chi connectivity index (χ1) is 32.9. The Hall–Kier alpha value is -7.07. The molecular formula is C46H63ClN14O8. The van der Waals surface area contributed by atoms with Crippen molar-refractivity contribution < 1.29 is 38.0 Å². The van der Waals surface area contributed by atoms with Gasteiger partial charge in [-0.05, 0) is 98.0 Å². The van der Waals surface area contributed by atoms with Gasteiger partial charge in [-0.3, -0.25) is 0 Å². The molecule has 2 aliphatic rings. The Morgan fingerprint density at radius 1 is 0.696 bits per heavy atom. The molecule has 2 fully saturated rings. The van der Waals surface area contributed by atoms with Crippen molar-refractivity contribution in [2.45, 2.75) is 90.5 Å². The quantitative estimate of drug-likeness (QED) is 0.0864. The van der Waals surface area contributed by atoms with Gasteiger partial charge in [-0.15, -0.1) is 5.10 Å². The molecule has 0 bridgehead atoms. The minimum Gasteiger partial charge on any atom is -0.491 e. The Morgan fingerprint density at radius 3 is 1.72 bits per heavy atom. The van der Waals surface area contributed by atoms with E-state index in [1.165, 1.54) is 7.11 Å². The summed E-state index contributed by atoms with van der Waals surface area (Å²) in [7, 11) is 6.21. The molecule has 69 heavy (non-hydrogen) atoms. The highest BCUT2D eigenvalue weighted by atomic mass is 35.5. The third kappa shape index (κ3) is 15.0. The number of carbonyl (C=O) groups excluding carboxylic acids is 2. The molecule has 0 aliphatic carbocycles. The number of nitrogens with zero attached hydrogens (tertiary/aromatic N) is 9. The molecule has 22 nitrogen and oxygen atoms in total. The predicted octanol–water partition coefficient (Wildman–Crippen LogP) is 7.18. The molecule has 0 spiro atoms. The van der Waals surface area contributed by atoms with Crippen LogP contribution in [0.5, 0.6) is 23.3 Å². The standard InChI is InChI=1S/C23H31N7O4.C13H12ClN5O2.C10H20N2O2/c1-23(2,3)34-22(31)25-15-7-6-11-29(14-15)19-13-16(20-24-10-12-30(20)28-19)26-18-9-8-17(32-4)21(27-18)33-5;1-20-9-3-4-11(17-13(9)21-2)16-8-7-10(14)18-19-6-5-15-12(8)19;1-10(2,3)14-9(13)12-8-5-4-6-11-7-8/h8-10,12-13,15H,6-7,11,14H2,1-5H3,(H,25,31)(H,26,27);3-7H,1-2H3,(H,16,17);8,11H,4-7H2,1-3H3,(H,12,13). The van der Waals surface area contributed by atoms with Crippen LogP contribution in [-0.2, 0) is 9.47 Å². The largest absolute Gasteiger partial charge is 0.491 e. The van der Waals surface area contributed by atoms with Crippen molar-refractivity contribution >= 4 is 63.9 Å². The van der Waals surface area contributed by atoms with E-state index in [1.807, 2.05) is 53.7 Å². The van der Waals surface area contributed by atoms with E-state index in [2.05, 4.69) is 56.5 Å². The van der Waals surface area contributed by atoms with Crippen LogP contribution >= 0.6 is 11.6 Å². The van der Waals surface area contributed by atoms with Crippen molar-refractivity contribution in [1.29, 1.82) is 0 Å². The summed E-state index contributed by atoms with van der Waals surface area (Å²) in [5.74, 6) is 3.81. The summed E-state index contributed by atoms with van der Waals surface area (Å²) in [5.41, 5.74) is 1.81. The molecule has 23 heteroatoms. The third-order valence-electron chi connectivity index (χ3n) is 10.2. The highest BCUT2D eigenvalue weighted by Gasteiger charge is 2.26. The molecule has 5 N–H and O–H groups in total. The lowest BCUT2D eigenvalue weighted by Crippen LogP contribution is -2.49. The number of anilines is 5. The lowest BCUT2D eigenvalue weighted by molar-refractivity contribution is 0.0486. The van der Waals surface area contributed by atoms with Gasteiger partial charge in [0.25, 0.3) is 11.8 Å². The molecule has 0 radical (unpaired) electrons. The summed E-state index contributed by atoms with van der Waals surface area (Å²) in [5, 5.41) is 24.7. The van der Waals surface area contributed by atoms with E-state index in [4.69, 9.17) is 45.1 Å². The molecular weight excluding hydrogens is 912 g/mol. The van der Waals surface area contributed by atoms with Gasteiger partial charge < -0.3 is 59.9 Å². The summed E-state index contributed by atoms with van der Waals surface area (Å²) in [6.45, 7) is 14.5. The summed E-state index contributed by atoms with van der Waals surface area (Å²) in [4.78, 5) is 43.2. The third-order valence-corrected chi connectivity index (χ3v) is 10.3. The van der Waals surface area contributed by atoms with Crippen molar-refractivity contribution in [3.8, 4) is 23.3 Å². The number of hydrogen-bond acceptors (Lipinski definition) is 18. The highest BCUT2D eigenvalue weighted by Crippen LogP contribution is 2.31. The van der Waals surface area contributed by atoms with Gasteiger partial charge in [0.1, 0.15) is 22.8 Å². The van der Waals surface area contributed by atoms with Crippen LogP contribution in [0.1, 0.15) is 67.2 Å². The number of alkyl carbamates (subject to hydrolysis) is 2. The Labute approximate surface area is 406 Å². The van der Waals surface area contributed by atoms with E-state index in [9.17, 15) is 9.59 Å². The van der Waals surface area contributed by atoms with Gasteiger partial charge in [0.2, 0.25) is 0 Å². The Morgan fingerprint density at radius 2 is 1.22 bits per heavy atom. The normalized spacial score (nSPS) is 15.9. The van der Waals surface area contributed by atoms with Crippen molar-refractivity contribution in [3.63, 3.8) is 0 Å². The number of rotatable bonds is 11. The Kier molecular flexibility index (Phi) is 17.3. The van der Waals surface area contributed by atoms with Gasteiger partial charge >= 0.3 is 12.2 Å². The van der Waals surface area contributed by atoms with E-state index in [0.717, 1.165) is 56.8 Å².